The van der Waals surface area contributed by atoms with Gasteiger partial charge in [-0.25, -0.2) is 4.98 Å². The first-order valence-electron chi connectivity index (χ1n) is 13.1. The molecule has 1 saturated heterocycles. The number of aliphatic hydroxyl groups is 1. The van der Waals surface area contributed by atoms with E-state index in [4.69, 9.17) is 4.74 Å². The molecule has 1 aromatic heterocycles. The van der Waals surface area contributed by atoms with Crippen LogP contribution in [0.5, 0.6) is 5.75 Å². The number of carbonyl (C=O) groups excluding carboxylic acids is 2. The zero-order valence-corrected chi connectivity index (χ0v) is 22.3. The standard InChI is InChI=1S/C31H28N4O6/c1-21-4-2-5-22(18-21)19-41-26-12-8-24(9-13-26)29(36)27-28(23-6-10-25(11-7-23)35(39)40)34(31(38)30(27)37)16-3-15-33-17-14-32-20-33/h2,4-14,17-18,20,28,36H,3,15-16,19H2,1H3/b29-27+/t28-/m1/s1. The Hall–Kier alpha value is -5.25. The number of ether oxygens (including phenoxy) is 1. The van der Waals surface area contributed by atoms with Crippen LogP contribution in [0.4, 0.5) is 5.69 Å². The van der Waals surface area contributed by atoms with Crippen LogP contribution < -0.4 is 4.74 Å². The van der Waals surface area contributed by atoms with Gasteiger partial charge in [-0.15, -0.1) is 0 Å². The smallest absolute Gasteiger partial charge is 0.295 e. The molecule has 3 aromatic carbocycles. The van der Waals surface area contributed by atoms with E-state index in [2.05, 4.69) is 4.98 Å². The van der Waals surface area contributed by atoms with E-state index in [-0.39, 0.29) is 23.6 Å². The number of aryl methyl sites for hydroxylation is 2. The molecule has 1 fully saturated rings. The van der Waals surface area contributed by atoms with Crippen molar-refractivity contribution in [1.82, 2.24) is 14.5 Å². The van der Waals surface area contributed by atoms with Gasteiger partial charge in [-0.1, -0.05) is 29.8 Å². The average molecular weight is 553 g/mol. The number of Topliss-reactive ketones (excluding diaryl/α,β-unsaturated/α-hetero) is 1. The van der Waals surface area contributed by atoms with Gasteiger partial charge in [0.05, 0.1) is 22.9 Å². The van der Waals surface area contributed by atoms with E-state index in [1.54, 1.807) is 43.0 Å². The monoisotopic (exact) mass is 552 g/mol. The first-order valence-corrected chi connectivity index (χ1v) is 13.1. The fraction of sp³-hybridized carbons (Fsp3) is 0.194. The Bertz CT molecular complexity index is 1590. The van der Waals surface area contributed by atoms with Crippen LogP contribution >= 0.6 is 0 Å². The zero-order chi connectivity index (χ0) is 28.9. The SMILES string of the molecule is Cc1cccc(COc2ccc(/C(O)=C3\C(=O)C(=O)N(CCCn4ccnc4)[C@@H]3c3ccc([N+](=O)[O-])cc3)cc2)c1. The Morgan fingerprint density at radius 1 is 1.05 bits per heavy atom. The summed E-state index contributed by atoms with van der Waals surface area (Å²) < 4.78 is 7.73. The van der Waals surface area contributed by atoms with Crippen LogP contribution in [0.15, 0.2) is 97.1 Å². The predicted octanol–water partition coefficient (Wildman–Crippen LogP) is 5.19. The molecule has 0 saturated carbocycles. The number of rotatable bonds is 10. The van der Waals surface area contributed by atoms with Gasteiger partial charge in [0, 0.05) is 43.2 Å². The molecule has 0 bridgehead atoms. The molecule has 208 valence electrons. The van der Waals surface area contributed by atoms with E-state index >= 15 is 0 Å². The first kappa shape index (κ1) is 27.3. The molecule has 5 rings (SSSR count). The second-order valence-corrected chi connectivity index (χ2v) is 9.80. The van der Waals surface area contributed by atoms with Crippen LogP contribution in [-0.2, 0) is 22.7 Å². The Morgan fingerprint density at radius 3 is 2.46 bits per heavy atom. The summed E-state index contributed by atoms with van der Waals surface area (Å²) in [5.74, 6) is -1.30. The third-order valence-corrected chi connectivity index (χ3v) is 6.95. The summed E-state index contributed by atoms with van der Waals surface area (Å²) in [7, 11) is 0. The number of non-ortho nitro benzene ring substituents is 1. The summed E-state index contributed by atoms with van der Waals surface area (Å²) in [5, 5.41) is 22.5. The summed E-state index contributed by atoms with van der Waals surface area (Å²) in [5.41, 5.74) is 2.79. The molecule has 4 aromatic rings. The molecule has 0 unspecified atom stereocenters. The van der Waals surface area contributed by atoms with Crippen molar-refractivity contribution in [1.29, 1.82) is 0 Å². The second kappa shape index (κ2) is 11.9. The number of nitro groups is 1. The molecule has 10 heteroatoms. The van der Waals surface area contributed by atoms with Gasteiger partial charge in [0.15, 0.2) is 0 Å². The van der Waals surface area contributed by atoms with Crippen molar-refractivity contribution in [3.8, 4) is 5.75 Å². The van der Waals surface area contributed by atoms with Gasteiger partial charge in [-0.05, 0) is 60.9 Å². The van der Waals surface area contributed by atoms with Gasteiger partial charge in [-0.3, -0.25) is 19.7 Å². The molecule has 41 heavy (non-hydrogen) atoms. The van der Waals surface area contributed by atoms with Gasteiger partial charge < -0.3 is 19.3 Å². The van der Waals surface area contributed by atoms with Crippen molar-refractivity contribution >= 4 is 23.1 Å². The molecule has 2 heterocycles. The molecule has 10 nitrogen and oxygen atoms in total. The molecule has 0 spiro atoms. The van der Waals surface area contributed by atoms with Crippen LogP contribution in [0.1, 0.15) is 34.7 Å². The van der Waals surface area contributed by atoms with Gasteiger partial charge in [0.1, 0.15) is 18.1 Å². The minimum absolute atomic E-state index is 0.0695. The third-order valence-electron chi connectivity index (χ3n) is 6.95. The number of hydrogen-bond acceptors (Lipinski definition) is 7. The topological polar surface area (TPSA) is 128 Å². The Kier molecular flexibility index (Phi) is 7.91. The predicted molar refractivity (Wildman–Crippen MR) is 151 cm³/mol. The molecule has 1 aliphatic heterocycles. The Balaban J connectivity index is 1.43. The van der Waals surface area contributed by atoms with E-state index in [0.29, 0.717) is 36.4 Å². The van der Waals surface area contributed by atoms with Crippen molar-refractivity contribution in [3.63, 3.8) is 0 Å². The number of amides is 1. The maximum Gasteiger partial charge on any atom is 0.295 e. The lowest BCUT2D eigenvalue weighted by Crippen LogP contribution is -2.31. The van der Waals surface area contributed by atoms with Crippen LogP contribution in [-0.4, -0.2) is 42.7 Å². The van der Waals surface area contributed by atoms with Crippen LogP contribution in [0.25, 0.3) is 5.76 Å². The number of benzene rings is 3. The van der Waals surface area contributed by atoms with Crippen molar-refractivity contribution in [3.05, 3.63) is 129 Å². The van der Waals surface area contributed by atoms with E-state index < -0.39 is 22.7 Å². The van der Waals surface area contributed by atoms with Gasteiger partial charge in [0.25, 0.3) is 17.4 Å². The number of aromatic nitrogens is 2. The molecule has 1 amide bonds. The summed E-state index contributed by atoms with van der Waals surface area (Å²) >= 11 is 0. The molecule has 1 aliphatic rings. The lowest BCUT2D eigenvalue weighted by atomic mass is 9.95. The van der Waals surface area contributed by atoms with Crippen LogP contribution in [0, 0.1) is 17.0 Å². The molecule has 1 atom stereocenters. The molecule has 0 aliphatic carbocycles. The number of nitro benzene ring substituents is 1. The molecule has 0 radical (unpaired) electrons. The quantitative estimate of drug-likeness (QED) is 0.0943. The maximum atomic E-state index is 13.3. The normalized spacial score (nSPS) is 16.2. The molecule has 1 N–H and O–H groups in total. The minimum Gasteiger partial charge on any atom is -0.507 e. The number of imidazole rings is 1. The Labute approximate surface area is 236 Å². The Morgan fingerprint density at radius 2 is 1.80 bits per heavy atom. The number of carbonyl (C=O) groups is 2. The first-order chi connectivity index (χ1) is 19.8. The number of hydrogen-bond donors (Lipinski definition) is 1. The largest absolute Gasteiger partial charge is 0.507 e. The van der Waals surface area contributed by atoms with Crippen LogP contribution in [0.2, 0.25) is 0 Å². The number of aliphatic hydroxyl groups excluding tert-OH is 1. The second-order valence-electron chi connectivity index (χ2n) is 9.80. The number of nitrogens with zero attached hydrogens (tertiary/aromatic N) is 4. The maximum absolute atomic E-state index is 13.3. The summed E-state index contributed by atoms with van der Waals surface area (Å²) in [6.45, 7) is 3.18. The van der Waals surface area contributed by atoms with Gasteiger partial charge >= 0.3 is 0 Å². The fourth-order valence-electron chi connectivity index (χ4n) is 4.91. The lowest BCUT2D eigenvalue weighted by molar-refractivity contribution is -0.384. The molecular weight excluding hydrogens is 524 g/mol. The number of ketones is 1. The summed E-state index contributed by atoms with van der Waals surface area (Å²) in [6, 6.07) is 19.4. The van der Waals surface area contributed by atoms with E-state index in [0.717, 1.165) is 11.1 Å². The number of likely N-dealkylation sites (tertiary alicyclic amines) is 1. The van der Waals surface area contributed by atoms with Gasteiger partial charge in [0.2, 0.25) is 0 Å². The van der Waals surface area contributed by atoms with E-state index in [1.165, 1.54) is 29.2 Å². The van der Waals surface area contributed by atoms with Gasteiger partial charge in [-0.2, -0.15) is 0 Å². The highest BCUT2D eigenvalue weighted by molar-refractivity contribution is 6.46. The third kappa shape index (κ3) is 6.01. The molecular formula is C31H28N4O6. The van der Waals surface area contributed by atoms with E-state index in [9.17, 15) is 24.8 Å². The zero-order valence-electron chi connectivity index (χ0n) is 22.3. The van der Waals surface area contributed by atoms with Crippen molar-refractivity contribution < 1.29 is 24.4 Å². The lowest BCUT2D eigenvalue weighted by Gasteiger charge is -2.25. The van der Waals surface area contributed by atoms with Crippen molar-refractivity contribution in [2.45, 2.75) is 32.5 Å². The highest BCUT2D eigenvalue weighted by atomic mass is 16.6. The van der Waals surface area contributed by atoms with E-state index in [1.807, 2.05) is 35.8 Å². The fourth-order valence-corrected chi connectivity index (χ4v) is 4.91. The highest BCUT2D eigenvalue weighted by Crippen LogP contribution is 2.40. The minimum atomic E-state index is -0.907. The summed E-state index contributed by atoms with van der Waals surface area (Å²) in [6.07, 6.45) is 5.65. The summed E-state index contributed by atoms with van der Waals surface area (Å²) in [4.78, 5) is 42.6. The van der Waals surface area contributed by atoms with Crippen LogP contribution in [0.3, 0.4) is 0 Å². The highest BCUT2D eigenvalue weighted by Gasteiger charge is 2.45. The van der Waals surface area contributed by atoms with Crippen molar-refractivity contribution in [2.24, 2.45) is 0 Å². The average Bonchev–Trinajstić information content (AvgIpc) is 3.58. The van der Waals surface area contributed by atoms with Crippen molar-refractivity contribution in [2.75, 3.05) is 6.54 Å².